The van der Waals surface area contributed by atoms with Gasteiger partial charge in [0.25, 0.3) is 5.56 Å². The van der Waals surface area contributed by atoms with Crippen LogP contribution in [-0.4, -0.2) is 23.0 Å². The number of fused-ring (bicyclic) bond motifs is 1. The van der Waals surface area contributed by atoms with Crippen molar-refractivity contribution in [2.45, 2.75) is 44.6 Å². The number of hydrogen-bond acceptors (Lipinski definition) is 5. The Morgan fingerprint density at radius 3 is 2.64 bits per heavy atom. The molecular formula is C29H28BrN3O3. The zero-order valence-electron chi connectivity index (χ0n) is 20.2. The highest BCUT2D eigenvalue weighted by Crippen LogP contribution is 2.33. The summed E-state index contributed by atoms with van der Waals surface area (Å²) in [5, 5.41) is 5.22. The van der Waals surface area contributed by atoms with E-state index in [0.29, 0.717) is 29.0 Å². The monoisotopic (exact) mass is 545 g/mol. The summed E-state index contributed by atoms with van der Waals surface area (Å²) in [5.74, 6) is 2.11. The average molecular weight is 546 g/mol. The summed E-state index contributed by atoms with van der Waals surface area (Å²) < 4.78 is 14.0. The highest BCUT2D eigenvalue weighted by molar-refractivity contribution is 9.10. The summed E-state index contributed by atoms with van der Waals surface area (Å²) >= 11 is 3.48. The van der Waals surface area contributed by atoms with Crippen LogP contribution >= 0.6 is 15.9 Å². The van der Waals surface area contributed by atoms with Crippen LogP contribution in [0.2, 0.25) is 0 Å². The van der Waals surface area contributed by atoms with Crippen LogP contribution in [0.15, 0.2) is 81.1 Å². The van der Waals surface area contributed by atoms with Gasteiger partial charge >= 0.3 is 0 Å². The summed E-state index contributed by atoms with van der Waals surface area (Å²) in [6.07, 6.45) is 7.17. The molecule has 0 unspecified atom stereocenters. The minimum absolute atomic E-state index is 0.173. The second kappa shape index (κ2) is 11.1. The first-order valence-corrected chi connectivity index (χ1v) is 13.0. The number of nitrogens with zero attached hydrogens (tertiary/aromatic N) is 3. The lowest BCUT2D eigenvalue weighted by molar-refractivity contribution is 0.284. The number of rotatable bonds is 7. The highest BCUT2D eigenvalue weighted by atomic mass is 79.9. The number of aromatic nitrogens is 2. The first-order chi connectivity index (χ1) is 17.6. The Balaban J connectivity index is 1.57. The summed E-state index contributed by atoms with van der Waals surface area (Å²) in [4.78, 5) is 18.5. The zero-order valence-corrected chi connectivity index (χ0v) is 21.8. The Morgan fingerprint density at radius 2 is 1.86 bits per heavy atom. The Morgan fingerprint density at radius 1 is 1.06 bits per heavy atom. The van der Waals surface area contributed by atoms with Gasteiger partial charge in [-0.2, -0.15) is 9.78 Å². The molecule has 0 radical (unpaired) electrons. The second-order valence-electron chi connectivity index (χ2n) is 8.98. The van der Waals surface area contributed by atoms with Gasteiger partial charge in [0.15, 0.2) is 11.5 Å². The minimum atomic E-state index is -0.173. The molecule has 1 saturated carbocycles. The molecule has 3 aromatic carbocycles. The molecule has 0 amide bonds. The number of methoxy groups -OCH3 is 1. The van der Waals surface area contributed by atoms with Crippen LogP contribution in [0.25, 0.3) is 10.9 Å². The maximum atomic E-state index is 13.6. The molecule has 6 nitrogen and oxygen atoms in total. The number of benzene rings is 3. The summed E-state index contributed by atoms with van der Waals surface area (Å²) in [5.41, 5.74) is 2.30. The predicted molar refractivity (Wildman–Crippen MR) is 146 cm³/mol. The number of hydrogen-bond donors (Lipinski definition) is 0. The molecule has 0 spiro atoms. The lowest BCUT2D eigenvalue weighted by Crippen LogP contribution is -2.25. The third kappa shape index (κ3) is 5.21. The van der Waals surface area contributed by atoms with Crippen LogP contribution in [0.1, 0.15) is 55.0 Å². The minimum Gasteiger partial charge on any atom is -0.493 e. The van der Waals surface area contributed by atoms with Crippen molar-refractivity contribution in [3.63, 3.8) is 0 Å². The second-order valence-corrected chi connectivity index (χ2v) is 9.90. The van der Waals surface area contributed by atoms with Gasteiger partial charge in [-0.25, -0.2) is 4.98 Å². The van der Waals surface area contributed by atoms with Crippen LogP contribution in [0.3, 0.4) is 0 Å². The summed E-state index contributed by atoms with van der Waals surface area (Å²) in [7, 11) is 1.61. The lowest BCUT2D eigenvalue weighted by atomic mass is 9.88. The van der Waals surface area contributed by atoms with Crippen molar-refractivity contribution >= 4 is 33.0 Å². The maximum Gasteiger partial charge on any atom is 0.282 e. The van der Waals surface area contributed by atoms with E-state index in [4.69, 9.17) is 14.5 Å². The molecule has 184 valence electrons. The quantitative estimate of drug-likeness (QED) is 0.243. The van der Waals surface area contributed by atoms with E-state index in [1.807, 2.05) is 60.7 Å². The Kier molecular flexibility index (Phi) is 7.47. The van der Waals surface area contributed by atoms with Gasteiger partial charge < -0.3 is 9.47 Å². The molecule has 4 aromatic rings. The van der Waals surface area contributed by atoms with E-state index >= 15 is 0 Å². The molecule has 0 aliphatic heterocycles. The smallest absolute Gasteiger partial charge is 0.282 e. The third-order valence-corrected chi connectivity index (χ3v) is 7.06. The van der Waals surface area contributed by atoms with Gasteiger partial charge in [0.05, 0.1) is 24.2 Å². The first kappa shape index (κ1) is 24.3. The van der Waals surface area contributed by atoms with E-state index in [9.17, 15) is 4.79 Å². The van der Waals surface area contributed by atoms with Gasteiger partial charge in [-0.15, -0.1) is 0 Å². The fraction of sp³-hybridized carbons (Fsp3) is 0.276. The van der Waals surface area contributed by atoms with Crippen molar-refractivity contribution in [3.8, 4) is 11.5 Å². The predicted octanol–water partition coefficient (Wildman–Crippen LogP) is 6.68. The van der Waals surface area contributed by atoms with Gasteiger partial charge in [-0.1, -0.05) is 71.6 Å². The molecule has 1 aliphatic carbocycles. The van der Waals surface area contributed by atoms with Crippen LogP contribution < -0.4 is 15.0 Å². The Hall–Kier alpha value is -3.45. The van der Waals surface area contributed by atoms with Crippen molar-refractivity contribution in [2.24, 2.45) is 5.10 Å². The molecule has 1 aliphatic rings. The lowest BCUT2D eigenvalue weighted by Gasteiger charge is -2.22. The summed E-state index contributed by atoms with van der Waals surface area (Å²) in [6, 6.07) is 21.2. The Labute approximate surface area is 218 Å². The molecule has 1 aromatic heterocycles. The summed E-state index contributed by atoms with van der Waals surface area (Å²) in [6.45, 7) is 0.390. The van der Waals surface area contributed by atoms with E-state index < -0.39 is 0 Å². The SMILES string of the molecule is COc1cccc(C=Nn2c(C3CCCCC3)nc3ccc(Br)cc3c2=O)c1OCc1ccccc1. The van der Waals surface area contributed by atoms with Gasteiger partial charge in [0, 0.05) is 16.0 Å². The Bertz CT molecular complexity index is 1440. The van der Waals surface area contributed by atoms with Crippen LogP contribution in [-0.2, 0) is 6.61 Å². The topological polar surface area (TPSA) is 65.7 Å². The van der Waals surface area contributed by atoms with Gasteiger partial charge in [0.2, 0.25) is 0 Å². The first-order valence-electron chi connectivity index (χ1n) is 12.2. The fourth-order valence-corrected chi connectivity index (χ4v) is 5.06. The molecule has 1 heterocycles. The molecule has 0 atom stereocenters. The van der Waals surface area contributed by atoms with E-state index in [0.717, 1.165) is 47.1 Å². The fourth-order valence-electron chi connectivity index (χ4n) is 4.70. The molecule has 36 heavy (non-hydrogen) atoms. The molecule has 0 N–H and O–H groups in total. The van der Waals surface area contributed by atoms with Crippen LogP contribution in [0.5, 0.6) is 11.5 Å². The van der Waals surface area contributed by atoms with E-state index in [1.165, 1.54) is 11.1 Å². The molecular weight excluding hydrogens is 518 g/mol. The highest BCUT2D eigenvalue weighted by Gasteiger charge is 2.22. The van der Waals surface area contributed by atoms with Crippen molar-refractivity contribution < 1.29 is 9.47 Å². The number of halogens is 1. The number of ether oxygens (including phenoxy) is 2. The van der Waals surface area contributed by atoms with Gasteiger partial charge in [0.1, 0.15) is 12.4 Å². The molecule has 0 bridgehead atoms. The largest absolute Gasteiger partial charge is 0.493 e. The molecule has 7 heteroatoms. The van der Waals surface area contributed by atoms with E-state index in [2.05, 4.69) is 21.0 Å². The zero-order chi connectivity index (χ0) is 24.9. The average Bonchev–Trinajstić information content (AvgIpc) is 2.92. The van der Waals surface area contributed by atoms with Crippen molar-refractivity contribution in [1.29, 1.82) is 0 Å². The van der Waals surface area contributed by atoms with Gasteiger partial charge in [-0.3, -0.25) is 4.79 Å². The normalized spacial score (nSPS) is 14.4. The molecule has 0 saturated heterocycles. The molecule has 5 rings (SSSR count). The van der Waals surface area contributed by atoms with E-state index in [-0.39, 0.29) is 11.5 Å². The maximum absolute atomic E-state index is 13.6. The van der Waals surface area contributed by atoms with Gasteiger partial charge in [-0.05, 0) is 48.7 Å². The van der Waals surface area contributed by atoms with Crippen molar-refractivity contribution in [1.82, 2.24) is 9.66 Å². The van der Waals surface area contributed by atoms with Crippen molar-refractivity contribution in [2.75, 3.05) is 7.11 Å². The van der Waals surface area contributed by atoms with Crippen LogP contribution in [0, 0.1) is 0 Å². The number of para-hydroxylation sites is 1. The third-order valence-electron chi connectivity index (χ3n) is 6.57. The van der Waals surface area contributed by atoms with Crippen LogP contribution in [0.4, 0.5) is 0 Å². The van der Waals surface area contributed by atoms with Crippen molar-refractivity contribution in [3.05, 3.63) is 98.5 Å². The standard InChI is InChI=1S/C29H28BrN3O3/c1-35-26-14-8-13-22(27(26)36-19-20-9-4-2-5-10-20)18-31-33-28(21-11-6-3-7-12-21)32-25-16-15-23(30)17-24(25)29(33)34/h2,4-5,8-10,13-18,21H,3,6-7,11-12,19H2,1H3. The molecule has 1 fully saturated rings. The van der Waals surface area contributed by atoms with E-state index in [1.54, 1.807) is 19.4 Å².